The van der Waals surface area contributed by atoms with E-state index in [1.54, 1.807) is 62.5 Å². The van der Waals surface area contributed by atoms with E-state index in [-0.39, 0.29) is 29.2 Å². The monoisotopic (exact) mass is 588 g/mol. The minimum absolute atomic E-state index is 0.189. The lowest BCUT2D eigenvalue weighted by atomic mass is 10.00. The van der Waals surface area contributed by atoms with Gasteiger partial charge in [0.1, 0.15) is 12.3 Å². The average molecular weight is 589 g/mol. The van der Waals surface area contributed by atoms with Gasteiger partial charge in [-0.05, 0) is 61.9 Å². The van der Waals surface area contributed by atoms with Crippen molar-refractivity contribution in [3.63, 3.8) is 0 Å². The molecule has 42 heavy (non-hydrogen) atoms. The lowest BCUT2D eigenvalue weighted by Crippen LogP contribution is -2.42. The van der Waals surface area contributed by atoms with Crippen LogP contribution in [0, 0.1) is 13.8 Å². The van der Waals surface area contributed by atoms with Crippen LogP contribution in [0.2, 0.25) is 0 Å². The Labute approximate surface area is 242 Å². The summed E-state index contributed by atoms with van der Waals surface area (Å²) in [5.41, 5.74) is 1.95. The van der Waals surface area contributed by atoms with E-state index < -0.39 is 37.2 Å². The number of hydrogen-bond donors (Lipinski definition) is 4. The van der Waals surface area contributed by atoms with Crippen LogP contribution in [0.15, 0.2) is 60.4 Å². The first kappa shape index (κ1) is 32.2. The van der Waals surface area contributed by atoms with Gasteiger partial charge in [0.2, 0.25) is 0 Å². The average Bonchev–Trinajstić information content (AvgIpc) is 2.96. The van der Waals surface area contributed by atoms with Crippen molar-refractivity contribution in [2.75, 3.05) is 38.7 Å². The SMILES string of the molecule is CN/C(C(=O)NC1C=CN(CCC(=O)CO)CC1)=C(/OCC(F)(F)F)c1cc(NC(=O)c2ccccc2)c(C)cc1C. The molecule has 1 atom stereocenters. The summed E-state index contributed by atoms with van der Waals surface area (Å²) in [6.07, 6.45) is -0.535. The number of aryl methyl sites for hydroxylation is 2. The van der Waals surface area contributed by atoms with Crippen LogP contribution in [-0.2, 0) is 14.3 Å². The molecule has 1 aliphatic heterocycles. The highest BCUT2D eigenvalue weighted by molar-refractivity contribution is 6.05. The summed E-state index contributed by atoms with van der Waals surface area (Å²) in [6.45, 7) is 2.22. The molecule has 0 radical (unpaired) electrons. The number of carbonyl (C=O) groups excluding carboxylic acids is 3. The number of carbonyl (C=O) groups is 3. The summed E-state index contributed by atoms with van der Waals surface area (Å²) in [6, 6.07) is 11.2. The van der Waals surface area contributed by atoms with Gasteiger partial charge in [-0.25, -0.2) is 0 Å². The first-order chi connectivity index (χ1) is 19.9. The summed E-state index contributed by atoms with van der Waals surface area (Å²) in [4.78, 5) is 39.4. The number of ether oxygens (including phenoxy) is 1. The number of alkyl halides is 3. The number of amides is 2. The van der Waals surface area contributed by atoms with E-state index in [2.05, 4.69) is 16.0 Å². The summed E-state index contributed by atoms with van der Waals surface area (Å²) in [7, 11) is 1.41. The fraction of sp³-hybridized carbons (Fsp3) is 0.367. The predicted molar refractivity (Wildman–Crippen MR) is 152 cm³/mol. The minimum Gasteiger partial charge on any atom is -0.481 e. The zero-order valence-corrected chi connectivity index (χ0v) is 23.7. The quantitative estimate of drug-likeness (QED) is 0.221. The molecule has 226 valence electrons. The lowest BCUT2D eigenvalue weighted by Gasteiger charge is -2.28. The Balaban J connectivity index is 1.91. The molecule has 1 heterocycles. The second kappa shape index (κ2) is 14.5. The van der Waals surface area contributed by atoms with Crippen LogP contribution in [0.3, 0.4) is 0 Å². The summed E-state index contributed by atoms with van der Waals surface area (Å²) in [5, 5.41) is 17.2. The normalized spacial score (nSPS) is 15.5. The molecule has 4 N–H and O–H groups in total. The largest absolute Gasteiger partial charge is 0.481 e. The van der Waals surface area contributed by atoms with Crippen LogP contribution < -0.4 is 16.0 Å². The summed E-state index contributed by atoms with van der Waals surface area (Å²) in [5.74, 6) is -1.67. The molecule has 2 aromatic rings. The van der Waals surface area contributed by atoms with Gasteiger partial charge in [-0.1, -0.05) is 24.3 Å². The van der Waals surface area contributed by atoms with Gasteiger partial charge in [-0.2, -0.15) is 13.2 Å². The maximum atomic E-state index is 13.4. The molecular formula is C30H35F3N4O5. The van der Waals surface area contributed by atoms with Gasteiger partial charge in [0.05, 0.1) is 6.04 Å². The van der Waals surface area contributed by atoms with Crippen molar-refractivity contribution in [2.24, 2.45) is 0 Å². The van der Waals surface area contributed by atoms with Crippen molar-refractivity contribution < 1.29 is 37.4 Å². The number of likely N-dealkylation sites (N-methyl/N-ethyl adjacent to an activating group) is 1. The van der Waals surface area contributed by atoms with E-state index in [1.807, 2.05) is 4.90 Å². The molecule has 9 nitrogen and oxygen atoms in total. The van der Waals surface area contributed by atoms with Crippen LogP contribution in [0.1, 0.15) is 39.9 Å². The Morgan fingerprint density at radius 3 is 2.40 bits per heavy atom. The predicted octanol–water partition coefficient (Wildman–Crippen LogP) is 3.68. The molecule has 1 aliphatic rings. The lowest BCUT2D eigenvalue weighted by molar-refractivity contribution is -0.159. The number of benzene rings is 2. The van der Waals surface area contributed by atoms with Crippen molar-refractivity contribution in [3.8, 4) is 0 Å². The van der Waals surface area contributed by atoms with Crippen LogP contribution in [0.25, 0.3) is 5.76 Å². The molecule has 0 saturated carbocycles. The van der Waals surface area contributed by atoms with Gasteiger partial charge in [0.15, 0.2) is 18.1 Å². The van der Waals surface area contributed by atoms with E-state index in [0.717, 1.165) is 0 Å². The third kappa shape index (κ3) is 9.10. The summed E-state index contributed by atoms with van der Waals surface area (Å²) >= 11 is 0. The van der Waals surface area contributed by atoms with Crippen LogP contribution >= 0.6 is 0 Å². The number of halogens is 3. The van der Waals surface area contributed by atoms with Gasteiger partial charge < -0.3 is 30.7 Å². The Hall–Kier alpha value is -4.32. The van der Waals surface area contributed by atoms with Gasteiger partial charge in [-0.3, -0.25) is 14.4 Å². The number of hydrogen-bond acceptors (Lipinski definition) is 7. The van der Waals surface area contributed by atoms with Gasteiger partial charge in [-0.15, -0.1) is 0 Å². The van der Waals surface area contributed by atoms with E-state index in [9.17, 15) is 27.6 Å². The molecule has 3 rings (SSSR count). The molecule has 0 fully saturated rings. The van der Waals surface area contributed by atoms with Crippen LogP contribution in [-0.4, -0.2) is 73.2 Å². The fourth-order valence-corrected chi connectivity index (χ4v) is 4.38. The zero-order valence-electron chi connectivity index (χ0n) is 23.7. The molecular weight excluding hydrogens is 553 g/mol. The molecule has 0 aromatic heterocycles. The zero-order chi connectivity index (χ0) is 30.9. The van der Waals surface area contributed by atoms with Gasteiger partial charge in [0, 0.05) is 43.4 Å². The number of anilines is 1. The third-order valence-electron chi connectivity index (χ3n) is 6.61. The van der Waals surface area contributed by atoms with Crippen molar-refractivity contribution >= 4 is 29.0 Å². The maximum absolute atomic E-state index is 13.4. The highest BCUT2D eigenvalue weighted by Gasteiger charge is 2.31. The first-order valence-corrected chi connectivity index (χ1v) is 13.4. The molecule has 12 heteroatoms. The van der Waals surface area contributed by atoms with E-state index >= 15 is 0 Å². The second-order valence-electron chi connectivity index (χ2n) is 9.85. The highest BCUT2D eigenvalue weighted by Crippen LogP contribution is 2.31. The second-order valence-corrected chi connectivity index (χ2v) is 9.85. The molecule has 2 aromatic carbocycles. The Bertz CT molecular complexity index is 1340. The number of nitrogens with zero attached hydrogens (tertiary/aromatic N) is 1. The third-order valence-corrected chi connectivity index (χ3v) is 6.61. The van der Waals surface area contributed by atoms with Crippen LogP contribution in [0.4, 0.5) is 18.9 Å². The van der Waals surface area contributed by atoms with E-state index in [4.69, 9.17) is 9.84 Å². The molecule has 0 saturated heterocycles. The maximum Gasteiger partial charge on any atom is 0.422 e. The van der Waals surface area contributed by atoms with Crippen LogP contribution in [0.5, 0.6) is 0 Å². The topological polar surface area (TPSA) is 120 Å². The van der Waals surface area contributed by atoms with Crippen molar-refractivity contribution in [3.05, 3.63) is 82.7 Å². The summed E-state index contributed by atoms with van der Waals surface area (Å²) < 4.78 is 45.1. The van der Waals surface area contributed by atoms with Crippen molar-refractivity contribution in [2.45, 2.75) is 38.9 Å². The molecule has 0 aliphatic carbocycles. The number of Topliss-reactive ketones (excluding diaryl/α,β-unsaturated/α-hetero) is 1. The molecule has 1 unspecified atom stereocenters. The number of rotatable bonds is 12. The smallest absolute Gasteiger partial charge is 0.422 e. The number of aliphatic hydroxyl groups is 1. The van der Waals surface area contributed by atoms with Crippen molar-refractivity contribution in [1.29, 1.82) is 0 Å². The number of ketones is 1. The minimum atomic E-state index is -4.67. The Morgan fingerprint density at radius 2 is 1.81 bits per heavy atom. The molecule has 0 bridgehead atoms. The standard InChI is InChI=1S/C30H35F3N4O5/c1-19-15-20(2)25(36-28(40)21-7-5-4-6-8-21)16-24(19)27(42-18-30(31,32)33)26(34-3)29(41)35-22-9-12-37(13-10-22)14-11-23(39)17-38/h4-9,12,15-16,22,34,38H,10-11,13-14,17-18H2,1-3H3,(H,35,41)(H,36,40)/b27-26+. The van der Waals surface area contributed by atoms with E-state index in [1.165, 1.54) is 13.1 Å². The van der Waals surface area contributed by atoms with Crippen molar-refractivity contribution in [1.82, 2.24) is 15.5 Å². The number of aliphatic hydroxyl groups excluding tert-OH is 1. The van der Waals surface area contributed by atoms with Gasteiger partial charge >= 0.3 is 6.18 Å². The fourth-order valence-electron chi connectivity index (χ4n) is 4.38. The van der Waals surface area contributed by atoms with Gasteiger partial charge in [0.25, 0.3) is 11.8 Å². The Kier molecular flexibility index (Phi) is 11.1. The first-order valence-electron chi connectivity index (χ1n) is 13.4. The Morgan fingerprint density at radius 1 is 1.10 bits per heavy atom. The molecule has 2 amide bonds. The van der Waals surface area contributed by atoms with E-state index in [0.29, 0.717) is 41.9 Å². The highest BCUT2D eigenvalue weighted by atomic mass is 19.4. The molecule has 0 spiro atoms. The number of nitrogens with one attached hydrogen (secondary N) is 3.